The summed E-state index contributed by atoms with van der Waals surface area (Å²) in [7, 11) is 0. The van der Waals surface area contributed by atoms with Crippen LogP contribution < -0.4 is 10.2 Å². The van der Waals surface area contributed by atoms with Crippen LogP contribution in [0.3, 0.4) is 0 Å². The number of carbonyl (C=O) groups excluding carboxylic acids is 2. The van der Waals surface area contributed by atoms with Crippen molar-refractivity contribution >= 4 is 50.9 Å². The van der Waals surface area contributed by atoms with Crippen molar-refractivity contribution < 1.29 is 9.59 Å². The van der Waals surface area contributed by atoms with Crippen LogP contribution in [0.25, 0.3) is 0 Å². The normalized spacial score (nSPS) is 17.2. The second-order valence-electron chi connectivity index (χ2n) is 5.64. The topological polar surface area (TPSA) is 49.4 Å². The molecule has 0 aromatic heterocycles. The van der Waals surface area contributed by atoms with E-state index in [1.165, 1.54) is 0 Å². The summed E-state index contributed by atoms with van der Waals surface area (Å²) < 4.78 is 0.947. The van der Waals surface area contributed by atoms with Crippen molar-refractivity contribution in [3.63, 3.8) is 0 Å². The largest absolute Gasteiger partial charge is 0.325 e. The minimum Gasteiger partial charge on any atom is -0.325 e. The van der Waals surface area contributed by atoms with E-state index in [9.17, 15) is 9.59 Å². The molecule has 1 heterocycles. The number of benzene rings is 2. The SMILES string of the molecule is CC1CC(=O)N(CC(=O)Nc2ccc(Br)cc2)c2ccccc2S1. The van der Waals surface area contributed by atoms with Crippen molar-refractivity contribution in [2.24, 2.45) is 0 Å². The molecule has 2 aromatic rings. The summed E-state index contributed by atoms with van der Waals surface area (Å²) in [6.45, 7) is 2.05. The maximum atomic E-state index is 12.5. The van der Waals surface area contributed by atoms with Gasteiger partial charge in [0.2, 0.25) is 11.8 Å². The fourth-order valence-corrected chi connectivity index (χ4v) is 3.96. The maximum absolute atomic E-state index is 12.5. The highest BCUT2D eigenvalue weighted by molar-refractivity contribution is 9.10. The summed E-state index contributed by atoms with van der Waals surface area (Å²) in [5.74, 6) is -0.231. The molecule has 1 atom stereocenters. The lowest BCUT2D eigenvalue weighted by Gasteiger charge is -2.22. The first-order valence-corrected chi connectivity index (χ1v) is 9.31. The lowest BCUT2D eigenvalue weighted by Crippen LogP contribution is -2.38. The van der Waals surface area contributed by atoms with Crippen LogP contribution >= 0.6 is 27.7 Å². The third-order valence-corrected chi connectivity index (χ3v) is 5.37. The Morgan fingerprint density at radius 3 is 2.71 bits per heavy atom. The van der Waals surface area contributed by atoms with Gasteiger partial charge in [0.25, 0.3) is 0 Å². The third kappa shape index (κ3) is 3.99. The Kier molecular flexibility index (Phi) is 5.26. The summed E-state index contributed by atoms with van der Waals surface area (Å²) in [5, 5.41) is 3.03. The number of thioether (sulfide) groups is 1. The summed E-state index contributed by atoms with van der Waals surface area (Å²) >= 11 is 5.04. The third-order valence-electron chi connectivity index (χ3n) is 3.68. The average molecular weight is 405 g/mol. The Morgan fingerprint density at radius 1 is 1.25 bits per heavy atom. The summed E-state index contributed by atoms with van der Waals surface area (Å²) in [6.07, 6.45) is 0.422. The number of nitrogens with zero attached hydrogens (tertiary/aromatic N) is 1. The molecule has 1 N–H and O–H groups in total. The van der Waals surface area contributed by atoms with Crippen LogP contribution in [0.5, 0.6) is 0 Å². The van der Waals surface area contributed by atoms with E-state index in [-0.39, 0.29) is 23.6 Å². The molecule has 0 fully saturated rings. The van der Waals surface area contributed by atoms with Crippen LogP contribution in [0.4, 0.5) is 11.4 Å². The predicted molar refractivity (Wildman–Crippen MR) is 102 cm³/mol. The number of amides is 2. The summed E-state index contributed by atoms with van der Waals surface area (Å²) in [6, 6.07) is 15.1. The van der Waals surface area contributed by atoms with Gasteiger partial charge in [-0.05, 0) is 36.4 Å². The molecule has 2 aromatic carbocycles. The summed E-state index contributed by atoms with van der Waals surface area (Å²) in [5.41, 5.74) is 1.52. The number of hydrogen-bond acceptors (Lipinski definition) is 3. The molecule has 4 nitrogen and oxygen atoms in total. The van der Waals surface area contributed by atoms with Crippen molar-refractivity contribution in [3.8, 4) is 0 Å². The van der Waals surface area contributed by atoms with E-state index in [0.29, 0.717) is 12.1 Å². The molecule has 3 rings (SSSR count). The number of rotatable bonds is 3. The van der Waals surface area contributed by atoms with Crippen LogP contribution in [0.2, 0.25) is 0 Å². The fourth-order valence-electron chi connectivity index (χ4n) is 2.58. The quantitative estimate of drug-likeness (QED) is 0.828. The van der Waals surface area contributed by atoms with Gasteiger partial charge in [0.05, 0.1) is 5.69 Å². The number of anilines is 2. The monoisotopic (exact) mass is 404 g/mol. The average Bonchev–Trinajstić information content (AvgIpc) is 2.66. The maximum Gasteiger partial charge on any atom is 0.244 e. The molecule has 124 valence electrons. The lowest BCUT2D eigenvalue weighted by molar-refractivity contribution is -0.121. The Morgan fingerprint density at radius 2 is 1.96 bits per heavy atom. The minimum atomic E-state index is -0.208. The van der Waals surface area contributed by atoms with Gasteiger partial charge in [0, 0.05) is 26.7 Å². The predicted octanol–water partition coefficient (Wildman–Crippen LogP) is 4.31. The van der Waals surface area contributed by atoms with E-state index in [1.54, 1.807) is 16.7 Å². The van der Waals surface area contributed by atoms with Gasteiger partial charge >= 0.3 is 0 Å². The number of fused-ring (bicyclic) bond motifs is 1. The van der Waals surface area contributed by atoms with Crippen LogP contribution in [0.15, 0.2) is 57.9 Å². The molecule has 0 saturated heterocycles. The van der Waals surface area contributed by atoms with E-state index < -0.39 is 0 Å². The van der Waals surface area contributed by atoms with Crippen molar-refractivity contribution in [1.82, 2.24) is 0 Å². The summed E-state index contributed by atoms with van der Waals surface area (Å²) in [4.78, 5) is 27.6. The molecule has 1 aliphatic heterocycles. The molecule has 0 bridgehead atoms. The molecule has 0 radical (unpaired) electrons. The molecule has 1 unspecified atom stereocenters. The molecule has 0 spiro atoms. The number of nitrogens with one attached hydrogen (secondary N) is 1. The Balaban J connectivity index is 1.78. The van der Waals surface area contributed by atoms with Crippen LogP contribution in [0.1, 0.15) is 13.3 Å². The highest BCUT2D eigenvalue weighted by Crippen LogP contribution is 2.37. The van der Waals surface area contributed by atoms with Crippen molar-refractivity contribution in [2.75, 3.05) is 16.8 Å². The van der Waals surface area contributed by atoms with Crippen LogP contribution in [-0.2, 0) is 9.59 Å². The van der Waals surface area contributed by atoms with E-state index in [2.05, 4.69) is 21.2 Å². The van der Waals surface area contributed by atoms with Gasteiger partial charge in [-0.15, -0.1) is 11.8 Å². The zero-order chi connectivity index (χ0) is 17.1. The van der Waals surface area contributed by atoms with Gasteiger partial charge in [-0.3, -0.25) is 9.59 Å². The van der Waals surface area contributed by atoms with Crippen molar-refractivity contribution in [1.29, 1.82) is 0 Å². The standard InChI is InChI=1S/C18H17BrN2O2S/c1-12-10-18(23)21(15-4-2-3-5-16(15)24-12)11-17(22)20-14-8-6-13(19)7-9-14/h2-9,12H,10-11H2,1H3,(H,20,22). The zero-order valence-corrected chi connectivity index (χ0v) is 15.6. The molecule has 24 heavy (non-hydrogen) atoms. The van der Waals surface area contributed by atoms with Crippen molar-refractivity contribution in [2.45, 2.75) is 23.5 Å². The zero-order valence-electron chi connectivity index (χ0n) is 13.2. The minimum absolute atomic E-state index is 0.0131. The first kappa shape index (κ1) is 17.0. The van der Waals surface area contributed by atoms with Gasteiger partial charge in [-0.2, -0.15) is 0 Å². The molecular formula is C18H17BrN2O2S. The van der Waals surface area contributed by atoms with Gasteiger partial charge in [0.1, 0.15) is 6.54 Å². The fraction of sp³-hybridized carbons (Fsp3) is 0.222. The Bertz CT molecular complexity index is 764. The number of para-hydroxylation sites is 1. The van der Waals surface area contributed by atoms with Crippen LogP contribution in [-0.4, -0.2) is 23.6 Å². The highest BCUT2D eigenvalue weighted by Gasteiger charge is 2.27. The van der Waals surface area contributed by atoms with E-state index in [1.807, 2.05) is 55.5 Å². The second kappa shape index (κ2) is 7.40. The molecular weight excluding hydrogens is 388 g/mol. The number of halogens is 1. The van der Waals surface area contributed by atoms with Gasteiger partial charge in [-0.1, -0.05) is 35.0 Å². The first-order valence-electron chi connectivity index (χ1n) is 7.64. The lowest BCUT2D eigenvalue weighted by atomic mass is 10.2. The van der Waals surface area contributed by atoms with Gasteiger partial charge < -0.3 is 10.2 Å². The highest BCUT2D eigenvalue weighted by atomic mass is 79.9. The smallest absolute Gasteiger partial charge is 0.244 e. The van der Waals surface area contributed by atoms with E-state index in [4.69, 9.17) is 0 Å². The van der Waals surface area contributed by atoms with E-state index in [0.717, 1.165) is 15.1 Å². The number of hydrogen-bond donors (Lipinski definition) is 1. The molecule has 2 amide bonds. The van der Waals surface area contributed by atoms with E-state index >= 15 is 0 Å². The second-order valence-corrected chi connectivity index (χ2v) is 8.03. The number of carbonyl (C=O) groups is 2. The molecule has 1 aliphatic rings. The molecule has 6 heteroatoms. The van der Waals surface area contributed by atoms with Gasteiger partial charge in [-0.25, -0.2) is 0 Å². The van der Waals surface area contributed by atoms with Crippen LogP contribution in [0, 0.1) is 0 Å². The van der Waals surface area contributed by atoms with Crippen molar-refractivity contribution in [3.05, 3.63) is 53.0 Å². The Hall–Kier alpha value is -1.79. The Labute approximate surface area is 153 Å². The molecule has 0 saturated carbocycles. The first-order chi connectivity index (χ1) is 11.5. The molecule has 0 aliphatic carbocycles. The van der Waals surface area contributed by atoms with Gasteiger partial charge in [0.15, 0.2) is 0 Å².